The molecule has 1 aliphatic heterocycles. The van der Waals surface area contributed by atoms with Gasteiger partial charge < -0.3 is 9.47 Å². The first-order chi connectivity index (χ1) is 15.2. The first kappa shape index (κ1) is 24.1. The Balaban J connectivity index is 1.64. The number of hydrogen-bond acceptors (Lipinski definition) is 4. The first-order valence-electron chi connectivity index (χ1n) is 10.0. The molecule has 1 fully saturated rings. The number of halogens is 5. The van der Waals surface area contributed by atoms with Gasteiger partial charge in [0.15, 0.2) is 11.6 Å². The van der Waals surface area contributed by atoms with E-state index in [0.717, 1.165) is 12.0 Å². The molecule has 5 nitrogen and oxygen atoms in total. The fourth-order valence-electron chi connectivity index (χ4n) is 3.68. The second kappa shape index (κ2) is 10.4. The molecule has 2 aromatic carbocycles. The van der Waals surface area contributed by atoms with Gasteiger partial charge in [-0.25, -0.2) is 9.18 Å². The molecule has 174 valence electrons. The third-order valence-electron chi connectivity index (χ3n) is 5.28. The molecule has 3 rings (SSSR count). The third kappa shape index (κ3) is 6.49. The number of nitrogens with zero attached hydrogens (tertiary/aromatic N) is 1. The van der Waals surface area contributed by atoms with Crippen LogP contribution in [0.15, 0.2) is 42.5 Å². The van der Waals surface area contributed by atoms with Crippen LogP contribution in [0.4, 0.5) is 28.0 Å². The zero-order chi connectivity index (χ0) is 23.3. The zero-order valence-corrected chi connectivity index (χ0v) is 18.0. The molecule has 1 N–H and O–H groups in total. The smallest absolute Gasteiger partial charge is 0.426 e. The number of likely N-dealkylation sites (tertiary alicyclic amines) is 1. The lowest BCUT2D eigenvalue weighted by atomic mass is 9.90. The van der Waals surface area contributed by atoms with Crippen LogP contribution in [-0.2, 0) is 4.74 Å². The van der Waals surface area contributed by atoms with Gasteiger partial charge in [-0.3, -0.25) is 10.2 Å². The summed E-state index contributed by atoms with van der Waals surface area (Å²) in [7, 11) is 1.36. The van der Waals surface area contributed by atoms with Crippen molar-refractivity contribution in [2.24, 2.45) is 0 Å². The topological polar surface area (TPSA) is 50.8 Å². The predicted octanol–water partition coefficient (Wildman–Crippen LogP) is 5.85. The van der Waals surface area contributed by atoms with Gasteiger partial charge in [0.2, 0.25) is 6.10 Å². The van der Waals surface area contributed by atoms with E-state index in [2.05, 4.69) is 5.32 Å². The minimum Gasteiger partial charge on any atom is -0.494 e. The number of piperidine rings is 1. The highest BCUT2D eigenvalue weighted by Gasteiger charge is 2.44. The highest BCUT2D eigenvalue weighted by molar-refractivity contribution is 6.30. The fraction of sp³-hybridized carbons (Fsp3) is 0.409. The summed E-state index contributed by atoms with van der Waals surface area (Å²) in [5.41, 5.74) is 1.06. The summed E-state index contributed by atoms with van der Waals surface area (Å²) in [5.74, 6) is -0.494. The minimum atomic E-state index is -4.73. The van der Waals surface area contributed by atoms with Crippen LogP contribution in [0.25, 0.3) is 0 Å². The second-order valence-corrected chi connectivity index (χ2v) is 8.00. The Morgan fingerprint density at radius 3 is 2.62 bits per heavy atom. The Morgan fingerprint density at radius 1 is 1.25 bits per heavy atom. The van der Waals surface area contributed by atoms with Gasteiger partial charge >= 0.3 is 12.3 Å². The molecule has 1 saturated heterocycles. The number of benzene rings is 2. The average Bonchev–Trinajstić information content (AvgIpc) is 2.75. The van der Waals surface area contributed by atoms with Crippen molar-refractivity contribution in [1.29, 1.82) is 0 Å². The van der Waals surface area contributed by atoms with Crippen molar-refractivity contribution in [3.05, 3.63) is 58.9 Å². The van der Waals surface area contributed by atoms with Gasteiger partial charge in [0, 0.05) is 23.8 Å². The Labute approximate surface area is 188 Å². The summed E-state index contributed by atoms with van der Waals surface area (Å²) < 4.78 is 64.2. The summed E-state index contributed by atoms with van der Waals surface area (Å²) in [6.45, 7) is 0.263. The van der Waals surface area contributed by atoms with Crippen molar-refractivity contribution in [2.75, 3.05) is 32.1 Å². The van der Waals surface area contributed by atoms with Gasteiger partial charge in [0.1, 0.15) is 0 Å². The molecule has 1 amide bonds. The van der Waals surface area contributed by atoms with Gasteiger partial charge in [0.25, 0.3) is 0 Å². The maximum atomic E-state index is 13.7. The Hall–Kier alpha value is -2.52. The van der Waals surface area contributed by atoms with Crippen LogP contribution in [0.3, 0.4) is 0 Å². The lowest BCUT2D eigenvalue weighted by Gasteiger charge is -2.35. The van der Waals surface area contributed by atoms with Crippen LogP contribution in [0, 0.1) is 5.82 Å². The third-order valence-corrected chi connectivity index (χ3v) is 5.53. The van der Waals surface area contributed by atoms with Crippen molar-refractivity contribution in [1.82, 2.24) is 4.90 Å². The molecular weight excluding hydrogens is 452 g/mol. The molecule has 1 heterocycles. The Bertz CT molecular complexity index is 924. The van der Waals surface area contributed by atoms with Crippen LogP contribution in [0.5, 0.6) is 5.75 Å². The molecule has 0 aliphatic carbocycles. The highest BCUT2D eigenvalue weighted by atomic mass is 35.5. The van der Waals surface area contributed by atoms with Gasteiger partial charge in [0.05, 0.1) is 7.11 Å². The lowest BCUT2D eigenvalue weighted by molar-refractivity contribution is -0.207. The molecule has 32 heavy (non-hydrogen) atoms. The van der Waals surface area contributed by atoms with Crippen LogP contribution in [0.2, 0.25) is 5.02 Å². The monoisotopic (exact) mass is 474 g/mol. The van der Waals surface area contributed by atoms with Crippen molar-refractivity contribution in [3.63, 3.8) is 0 Å². The largest absolute Gasteiger partial charge is 0.494 e. The molecule has 2 atom stereocenters. The minimum absolute atomic E-state index is 0.0879. The summed E-state index contributed by atoms with van der Waals surface area (Å²) in [5, 5.41) is 2.70. The van der Waals surface area contributed by atoms with E-state index in [4.69, 9.17) is 21.1 Å². The molecule has 0 saturated carbocycles. The molecule has 0 radical (unpaired) electrons. The zero-order valence-electron chi connectivity index (χ0n) is 17.3. The number of rotatable bonds is 6. The Kier molecular flexibility index (Phi) is 7.84. The number of hydrogen-bond donors (Lipinski definition) is 1. The maximum Gasteiger partial charge on any atom is 0.426 e. The van der Waals surface area contributed by atoms with Crippen molar-refractivity contribution < 1.29 is 31.8 Å². The number of methoxy groups -OCH3 is 1. The number of carbonyl (C=O) groups is 1. The van der Waals surface area contributed by atoms with Crippen molar-refractivity contribution in [3.8, 4) is 5.75 Å². The fourth-order valence-corrected chi connectivity index (χ4v) is 3.80. The number of anilines is 1. The number of carbonyl (C=O) groups excluding carboxylic acids is 1. The summed E-state index contributed by atoms with van der Waals surface area (Å²) in [6, 6.07) is 10.4. The van der Waals surface area contributed by atoms with E-state index in [-0.39, 0.29) is 17.4 Å². The molecule has 0 spiro atoms. The first-order valence-corrected chi connectivity index (χ1v) is 10.4. The van der Waals surface area contributed by atoms with E-state index in [1.54, 1.807) is 17.0 Å². The van der Waals surface area contributed by atoms with Gasteiger partial charge in [-0.05, 0) is 67.3 Å². The number of ether oxygens (including phenoxy) is 2. The second-order valence-electron chi connectivity index (χ2n) is 7.56. The van der Waals surface area contributed by atoms with Crippen LogP contribution in [0.1, 0.15) is 24.3 Å². The summed E-state index contributed by atoms with van der Waals surface area (Å²) in [6.07, 6.45) is -6.82. The molecule has 2 aromatic rings. The quantitative estimate of drug-likeness (QED) is 0.534. The number of nitrogens with one attached hydrogen (secondary N) is 1. The van der Waals surface area contributed by atoms with Crippen LogP contribution in [-0.4, -0.2) is 50.0 Å². The van der Waals surface area contributed by atoms with Gasteiger partial charge in [-0.15, -0.1) is 0 Å². The number of alkyl halides is 3. The summed E-state index contributed by atoms with van der Waals surface area (Å²) in [4.78, 5) is 13.7. The van der Waals surface area contributed by atoms with Crippen molar-refractivity contribution >= 4 is 23.4 Å². The van der Waals surface area contributed by atoms with Crippen LogP contribution >= 0.6 is 11.6 Å². The maximum absolute atomic E-state index is 13.7. The summed E-state index contributed by atoms with van der Waals surface area (Å²) >= 11 is 5.76. The normalized spacial score (nSPS) is 18.1. The van der Waals surface area contributed by atoms with E-state index >= 15 is 0 Å². The van der Waals surface area contributed by atoms with Crippen molar-refractivity contribution in [2.45, 2.75) is 31.0 Å². The molecule has 0 aromatic heterocycles. The average molecular weight is 475 g/mol. The van der Waals surface area contributed by atoms with E-state index < -0.39 is 30.7 Å². The standard InChI is InChI=1S/C22H23ClF4N2O3/c1-31-19-11-14(4-9-18(19)24)15-3-2-10-29(12-15)13-20(22(25,26)27)32-21(30)28-17-7-5-16(23)6-8-17/h4-9,11,15,20H,2-3,10,12-13H2,1H3,(H,28,30)/t15-,20-/m0/s1. The van der Waals surface area contributed by atoms with Gasteiger partial charge in [-0.1, -0.05) is 17.7 Å². The SMILES string of the molecule is COc1cc([C@H]2CCCN(C[C@H](OC(=O)Nc3ccc(Cl)cc3)C(F)(F)F)C2)ccc1F. The van der Waals surface area contributed by atoms with E-state index in [0.29, 0.717) is 24.5 Å². The van der Waals surface area contributed by atoms with Crippen LogP contribution < -0.4 is 10.1 Å². The highest BCUT2D eigenvalue weighted by Crippen LogP contribution is 2.32. The molecule has 0 unspecified atom stereocenters. The lowest BCUT2D eigenvalue weighted by Crippen LogP contribution is -2.47. The molecule has 0 bridgehead atoms. The van der Waals surface area contributed by atoms with Gasteiger partial charge in [-0.2, -0.15) is 13.2 Å². The Morgan fingerprint density at radius 2 is 1.97 bits per heavy atom. The van der Waals surface area contributed by atoms with E-state index in [1.807, 2.05) is 0 Å². The molecule has 1 aliphatic rings. The number of amides is 1. The van der Waals surface area contributed by atoms with E-state index in [1.165, 1.54) is 37.4 Å². The molecule has 10 heteroatoms. The predicted molar refractivity (Wildman–Crippen MR) is 113 cm³/mol. The molecular formula is C22H23ClF4N2O3. The van der Waals surface area contributed by atoms with E-state index in [9.17, 15) is 22.4 Å².